The largest absolute Gasteiger partial charge is 0.495 e. The number of anilines is 1. The average molecular weight is 314 g/mol. The summed E-state index contributed by atoms with van der Waals surface area (Å²) in [5, 5.41) is 21.5. The minimum absolute atomic E-state index is 0.0281. The number of nitrogens with zero attached hydrogens (tertiary/aromatic N) is 2. The van der Waals surface area contributed by atoms with Gasteiger partial charge in [0.2, 0.25) is 5.91 Å². The molecular weight excluding hydrogens is 306 g/mol. The summed E-state index contributed by atoms with van der Waals surface area (Å²) in [5.41, 5.74) is -0.312. The summed E-state index contributed by atoms with van der Waals surface area (Å²) in [6.45, 7) is 0. The number of carbonyl (C=O) groups is 1. The molecule has 1 amide bonds. The van der Waals surface area contributed by atoms with Gasteiger partial charge in [-0.05, 0) is 22.0 Å². The van der Waals surface area contributed by atoms with Crippen LogP contribution in [0.15, 0.2) is 16.6 Å². The summed E-state index contributed by atoms with van der Waals surface area (Å²) < 4.78 is 5.23. The first-order valence-electron chi connectivity index (χ1n) is 4.69. The first-order valence-corrected chi connectivity index (χ1v) is 5.48. The minimum atomic E-state index is -0.633. The number of amides is 1. The van der Waals surface area contributed by atoms with Gasteiger partial charge in [-0.3, -0.25) is 14.9 Å². The van der Waals surface area contributed by atoms with E-state index < -0.39 is 10.8 Å². The molecule has 0 heterocycles. The second-order valence-electron chi connectivity index (χ2n) is 3.12. The van der Waals surface area contributed by atoms with Crippen molar-refractivity contribution in [2.45, 2.75) is 6.42 Å². The highest BCUT2D eigenvalue weighted by Crippen LogP contribution is 2.39. The first kappa shape index (κ1) is 13.9. The van der Waals surface area contributed by atoms with E-state index in [1.807, 2.05) is 0 Å². The Morgan fingerprint density at radius 2 is 2.33 bits per heavy atom. The molecule has 1 aromatic carbocycles. The van der Waals surface area contributed by atoms with E-state index >= 15 is 0 Å². The molecule has 0 fully saturated rings. The summed E-state index contributed by atoms with van der Waals surface area (Å²) in [7, 11) is 1.40. The van der Waals surface area contributed by atoms with Crippen LogP contribution in [-0.4, -0.2) is 17.9 Å². The summed E-state index contributed by atoms with van der Waals surface area (Å²) in [5.74, 6) is -0.289. The van der Waals surface area contributed by atoms with Crippen LogP contribution in [0.2, 0.25) is 0 Å². The maximum Gasteiger partial charge on any atom is 0.294 e. The number of hydrogen-bond acceptors (Lipinski definition) is 5. The molecule has 7 nitrogen and oxygen atoms in total. The lowest BCUT2D eigenvalue weighted by molar-refractivity contribution is -0.384. The van der Waals surface area contributed by atoms with Crippen molar-refractivity contribution < 1.29 is 14.5 Å². The van der Waals surface area contributed by atoms with E-state index in [0.29, 0.717) is 5.75 Å². The van der Waals surface area contributed by atoms with Crippen LogP contribution in [0.1, 0.15) is 6.42 Å². The molecule has 0 aliphatic carbocycles. The van der Waals surface area contributed by atoms with Gasteiger partial charge in [-0.2, -0.15) is 5.26 Å². The maximum atomic E-state index is 11.3. The van der Waals surface area contributed by atoms with Gasteiger partial charge < -0.3 is 10.1 Å². The Hall–Kier alpha value is -2.14. The molecule has 8 heteroatoms. The van der Waals surface area contributed by atoms with Crippen LogP contribution in [-0.2, 0) is 4.79 Å². The number of hydrogen-bond donors (Lipinski definition) is 1. The number of carbonyl (C=O) groups excluding carboxylic acids is 1. The Morgan fingerprint density at radius 1 is 1.67 bits per heavy atom. The van der Waals surface area contributed by atoms with Gasteiger partial charge in [-0.15, -0.1) is 0 Å². The number of rotatable bonds is 4. The first-order chi connectivity index (χ1) is 8.51. The molecular formula is C10H8BrN3O4. The quantitative estimate of drug-likeness (QED) is 0.677. The minimum Gasteiger partial charge on any atom is -0.495 e. The molecule has 0 radical (unpaired) electrons. The van der Waals surface area contributed by atoms with Crippen LogP contribution in [0, 0.1) is 21.4 Å². The van der Waals surface area contributed by atoms with E-state index in [0.717, 1.165) is 0 Å². The summed E-state index contributed by atoms with van der Waals surface area (Å²) in [4.78, 5) is 21.5. The van der Waals surface area contributed by atoms with Crippen molar-refractivity contribution in [2.75, 3.05) is 12.4 Å². The molecule has 1 aromatic rings. The number of nitro groups is 1. The number of halogens is 1. The number of ether oxygens (including phenoxy) is 1. The van der Waals surface area contributed by atoms with Crippen molar-refractivity contribution in [2.24, 2.45) is 0 Å². The smallest absolute Gasteiger partial charge is 0.294 e. The lowest BCUT2D eigenvalue weighted by Crippen LogP contribution is -2.12. The van der Waals surface area contributed by atoms with E-state index in [2.05, 4.69) is 21.2 Å². The number of nitriles is 1. The van der Waals surface area contributed by atoms with Crippen LogP contribution in [0.25, 0.3) is 0 Å². The second kappa shape index (κ2) is 5.97. The highest BCUT2D eigenvalue weighted by Gasteiger charge is 2.21. The molecule has 0 unspecified atom stereocenters. The van der Waals surface area contributed by atoms with Gasteiger partial charge in [0.15, 0.2) is 0 Å². The fourth-order valence-corrected chi connectivity index (χ4v) is 1.83. The third-order valence-corrected chi connectivity index (χ3v) is 2.79. The van der Waals surface area contributed by atoms with Gasteiger partial charge in [-0.1, -0.05) is 0 Å². The van der Waals surface area contributed by atoms with Gasteiger partial charge in [-0.25, -0.2) is 0 Å². The summed E-state index contributed by atoms with van der Waals surface area (Å²) in [6.07, 6.45) is -0.388. The molecule has 0 atom stereocenters. The Morgan fingerprint density at radius 3 is 2.83 bits per heavy atom. The van der Waals surface area contributed by atoms with Gasteiger partial charge in [0.05, 0.1) is 22.6 Å². The van der Waals surface area contributed by atoms with Crippen molar-refractivity contribution in [3.63, 3.8) is 0 Å². The van der Waals surface area contributed by atoms with E-state index in [4.69, 9.17) is 10.00 Å². The normalized spacial score (nSPS) is 9.39. The van der Waals surface area contributed by atoms with Crippen LogP contribution in [0.4, 0.5) is 11.4 Å². The van der Waals surface area contributed by atoms with E-state index in [9.17, 15) is 14.9 Å². The molecule has 0 aliphatic heterocycles. The number of nitro benzene ring substituents is 1. The van der Waals surface area contributed by atoms with Crippen molar-refractivity contribution in [3.05, 3.63) is 26.7 Å². The zero-order valence-electron chi connectivity index (χ0n) is 9.27. The van der Waals surface area contributed by atoms with Gasteiger partial charge in [0, 0.05) is 6.07 Å². The van der Waals surface area contributed by atoms with Gasteiger partial charge in [0.1, 0.15) is 17.9 Å². The van der Waals surface area contributed by atoms with Crippen molar-refractivity contribution in [1.29, 1.82) is 5.26 Å². The Kier molecular flexibility index (Phi) is 4.62. The standard InChI is InChI=1S/C10H8BrN3O4/c1-18-7-3-2-6(14(16)17)10(9(7)11)13-8(15)4-5-12/h2-3H,4H2,1H3,(H,13,15). The predicted octanol–water partition coefficient (Wildman–Crippen LogP) is 2.22. The van der Waals surface area contributed by atoms with E-state index in [1.165, 1.54) is 19.2 Å². The topological polar surface area (TPSA) is 105 Å². The molecule has 0 saturated heterocycles. The van der Waals surface area contributed by atoms with Crippen LogP contribution in [0.5, 0.6) is 5.75 Å². The summed E-state index contributed by atoms with van der Waals surface area (Å²) in [6, 6.07) is 4.27. The molecule has 0 bridgehead atoms. The van der Waals surface area contributed by atoms with Crippen molar-refractivity contribution in [1.82, 2.24) is 0 Å². The Balaban J connectivity index is 3.24. The van der Waals surface area contributed by atoms with Crippen molar-refractivity contribution in [3.8, 4) is 11.8 Å². The average Bonchev–Trinajstić information content (AvgIpc) is 2.31. The van der Waals surface area contributed by atoms with Gasteiger partial charge in [0.25, 0.3) is 5.69 Å². The van der Waals surface area contributed by atoms with Crippen molar-refractivity contribution >= 4 is 33.2 Å². The second-order valence-corrected chi connectivity index (χ2v) is 3.91. The lowest BCUT2D eigenvalue weighted by Gasteiger charge is -2.10. The molecule has 0 aliphatic rings. The zero-order valence-corrected chi connectivity index (χ0v) is 10.9. The van der Waals surface area contributed by atoms with Crippen LogP contribution >= 0.6 is 15.9 Å². The molecule has 18 heavy (non-hydrogen) atoms. The number of benzene rings is 1. The van der Waals surface area contributed by atoms with E-state index in [1.54, 1.807) is 6.07 Å². The molecule has 0 saturated carbocycles. The highest BCUT2D eigenvalue weighted by molar-refractivity contribution is 9.10. The summed E-state index contributed by atoms with van der Waals surface area (Å²) >= 11 is 3.11. The Bertz CT molecular complexity index is 539. The lowest BCUT2D eigenvalue weighted by atomic mass is 10.2. The molecule has 0 aromatic heterocycles. The zero-order chi connectivity index (χ0) is 13.7. The maximum absolute atomic E-state index is 11.3. The van der Waals surface area contributed by atoms with Gasteiger partial charge >= 0.3 is 0 Å². The SMILES string of the molecule is COc1ccc([N+](=O)[O-])c(NC(=O)CC#N)c1Br. The van der Waals surface area contributed by atoms with Crippen LogP contribution < -0.4 is 10.1 Å². The fourth-order valence-electron chi connectivity index (χ4n) is 1.23. The number of methoxy groups -OCH3 is 1. The Labute approximate surface area is 111 Å². The molecule has 94 valence electrons. The van der Waals surface area contributed by atoms with E-state index in [-0.39, 0.29) is 22.3 Å². The fraction of sp³-hybridized carbons (Fsp3) is 0.200. The molecule has 0 spiro atoms. The molecule has 1 rings (SSSR count). The molecule has 1 N–H and O–H groups in total. The predicted molar refractivity (Wildman–Crippen MR) is 66.2 cm³/mol. The third-order valence-electron chi connectivity index (χ3n) is 2.01. The third kappa shape index (κ3) is 2.95. The highest BCUT2D eigenvalue weighted by atomic mass is 79.9. The monoisotopic (exact) mass is 313 g/mol. The number of nitrogens with one attached hydrogen (secondary N) is 1. The van der Waals surface area contributed by atoms with Crippen LogP contribution in [0.3, 0.4) is 0 Å².